The zero-order valence-electron chi connectivity index (χ0n) is 14.6. The third-order valence-corrected chi connectivity index (χ3v) is 3.42. The predicted molar refractivity (Wildman–Crippen MR) is 78.3 cm³/mol. The lowest BCUT2D eigenvalue weighted by atomic mass is 10.1. The maximum atomic E-state index is 13.5. The normalized spacial score (nSPS) is 15.5. The summed E-state index contributed by atoms with van der Waals surface area (Å²) in [6.07, 6.45) is -6.10. The van der Waals surface area contributed by atoms with Crippen molar-refractivity contribution in [1.29, 1.82) is 0 Å². The van der Waals surface area contributed by atoms with Crippen LogP contribution in [0, 0.1) is 0 Å². The smallest absolute Gasteiger partial charge is 0.455 e. The van der Waals surface area contributed by atoms with E-state index in [1.54, 1.807) is 0 Å². The van der Waals surface area contributed by atoms with Gasteiger partial charge in [0.05, 0.1) is 5.57 Å². The minimum Gasteiger partial charge on any atom is -0.455 e. The maximum Gasteiger partial charge on any atom is 0.468 e. The highest BCUT2D eigenvalue weighted by atomic mass is 32.2. The van der Waals surface area contributed by atoms with E-state index in [-0.39, 0.29) is 0 Å². The third kappa shape index (κ3) is 6.34. The summed E-state index contributed by atoms with van der Waals surface area (Å²) in [5, 5.41) is -5.34. The molecule has 28 heavy (non-hydrogen) atoms. The lowest BCUT2D eigenvalue weighted by Gasteiger charge is -2.35. The van der Waals surface area contributed by atoms with E-state index in [0.717, 1.165) is 20.8 Å². The van der Waals surface area contributed by atoms with Gasteiger partial charge < -0.3 is 14.2 Å². The number of halogens is 6. The van der Waals surface area contributed by atoms with Crippen molar-refractivity contribution >= 4 is 22.1 Å². The maximum absolute atomic E-state index is 13.5. The van der Waals surface area contributed by atoms with Gasteiger partial charge in [-0.25, -0.2) is 14.0 Å². The van der Waals surface area contributed by atoms with Gasteiger partial charge in [0.2, 0.25) is 0 Å². The van der Waals surface area contributed by atoms with E-state index < -0.39 is 63.7 Å². The summed E-state index contributed by atoms with van der Waals surface area (Å²) in [7, 11) is -6.28. The molecule has 0 aliphatic rings. The molecular formula is C13H16F6O8S. The monoisotopic (exact) mass is 446 g/mol. The van der Waals surface area contributed by atoms with E-state index in [0.29, 0.717) is 0 Å². The van der Waals surface area contributed by atoms with Crippen LogP contribution in [0.5, 0.6) is 0 Å². The van der Waals surface area contributed by atoms with Gasteiger partial charge in [0.15, 0.2) is 0 Å². The molecule has 0 saturated heterocycles. The van der Waals surface area contributed by atoms with E-state index in [1.165, 1.54) is 0 Å². The van der Waals surface area contributed by atoms with Crippen LogP contribution in [0.15, 0.2) is 12.2 Å². The van der Waals surface area contributed by atoms with Gasteiger partial charge in [-0.05, 0) is 20.8 Å². The lowest BCUT2D eigenvalue weighted by molar-refractivity contribution is -0.362. The number of alkyl halides is 6. The van der Waals surface area contributed by atoms with Gasteiger partial charge in [0.1, 0.15) is 18.9 Å². The number of carbonyl (C=O) groups excluding carboxylic acids is 2. The number of rotatable bonds is 8. The van der Waals surface area contributed by atoms with E-state index in [2.05, 4.69) is 20.8 Å². The van der Waals surface area contributed by atoms with Gasteiger partial charge in [-0.15, -0.1) is 0 Å². The minimum absolute atomic E-state index is 1.06. The van der Waals surface area contributed by atoms with Crippen molar-refractivity contribution in [3.63, 3.8) is 0 Å². The number of hydrogen-bond acceptors (Lipinski definition) is 7. The zero-order valence-corrected chi connectivity index (χ0v) is 15.4. The third-order valence-electron chi connectivity index (χ3n) is 2.55. The fourth-order valence-corrected chi connectivity index (χ4v) is 1.46. The molecule has 0 spiro atoms. The Bertz CT molecular complexity index is 724. The van der Waals surface area contributed by atoms with Crippen LogP contribution in [0.1, 0.15) is 20.8 Å². The van der Waals surface area contributed by atoms with Crippen LogP contribution in [-0.2, 0) is 33.9 Å². The molecule has 0 aliphatic carbocycles. The number of ether oxygens (including phenoxy) is 3. The molecule has 0 amide bonds. The first-order valence-electron chi connectivity index (χ1n) is 6.96. The molecule has 0 aromatic carbocycles. The lowest BCUT2D eigenvalue weighted by Crippen LogP contribution is -2.60. The van der Waals surface area contributed by atoms with Crippen molar-refractivity contribution in [1.82, 2.24) is 0 Å². The van der Waals surface area contributed by atoms with Gasteiger partial charge in [0, 0.05) is 0 Å². The van der Waals surface area contributed by atoms with E-state index in [4.69, 9.17) is 4.55 Å². The number of carbonyl (C=O) groups is 2. The Labute approximate surface area is 155 Å². The van der Waals surface area contributed by atoms with Crippen molar-refractivity contribution in [2.75, 3.05) is 13.3 Å². The van der Waals surface area contributed by atoms with E-state index >= 15 is 0 Å². The van der Waals surface area contributed by atoms with Gasteiger partial charge in [0.25, 0.3) is 0 Å². The summed E-state index contributed by atoms with van der Waals surface area (Å²) in [4.78, 5) is 23.5. The molecule has 0 saturated carbocycles. The van der Waals surface area contributed by atoms with Crippen LogP contribution in [0.3, 0.4) is 0 Å². The van der Waals surface area contributed by atoms with E-state index in [9.17, 15) is 44.3 Å². The average molecular weight is 446 g/mol. The Hall–Kier alpha value is -1.87. The second kappa shape index (κ2) is 8.24. The van der Waals surface area contributed by atoms with Crippen molar-refractivity contribution < 1.29 is 63.1 Å². The summed E-state index contributed by atoms with van der Waals surface area (Å²) < 4.78 is 121. The number of hydrogen-bond donors (Lipinski definition) is 1. The van der Waals surface area contributed by atoms with Crippen LogP contribution >= 0.6 is 0 Å². The highest BCUT2D eigenvalue weighted by Gasteiger charge is 2.69. The molecule has 1 atom stereocenters. The summed E-state index contributed by atoms with van der Waals surface area (Å²) in [6.45, 7) is 1.37. The first-order valence-corrected chi connectivity index (χ1v) is 8.40. The fraction of sp³-hybridized carbons (Fsp3) is 0.692. The summed E-state index contributed by atoms with van der Waals surface area (Å²) in [5.41, 5.74) is -2.94. The minimum atomic E-state index is -6.28. The summed E-state index contributed by atoms with van der Waals surface area (Å²) >= 11 is 0. The highest BCUT2D eigenvalue weighted by Crippen LogP contribution is 2.39. The van der Waals surface area contributed by atoms with Gasteiger partial charge in [-0.2, -0.15) is 30.4 Å². The summed E-state index contributed by atoms with van der Waals surface area (Å²) in [6, 6.07) is 0. The first-order chi connectivity index (χ1) is 12.2. The van der Waals surface area contributed by atoms with Crippen LogP contribution in [0.25, 0.3) is 0 Å². The quantitative estimate of drug-likeness (QED) is 0.198. The standard InChI is InChI=1S/C13H16F6O8S/c1-7(5-14)8(20)26-12(13(17,18)19,9(21)27-10(2,3)4)25-6-11(15,16)28(22,23)24/h1,5-6H2,2-4H3,(H,22,23,24). The van der Waals surface area contributed by atoms with Crippen LogP contribution in [0.4, 0.5) is 26.3 Å². The molecule has 164 valence electrons. The Morgan fingerprint density at radius 2 is 1.50 bits per heavy atom. The van der Waals surface area contributed by atoms with E-state index in [1.807, 2.05) is 0 Å². The van der Waals surface area contributed by atoms with Gasteiger partial charge >= 0.3 is 39.3 Å². The molecule has 0 radical (unpaired) electrons. The van der Waals surface area contributed by atoms with Crippen molar-refractivity contribution in [2.45, 2.75) is 43.6 Å². The first kappa shape index (κ1) is 26.1. The molecule has 0 aromatic heterocycles. The molecular weight excluding hydrogens is 430 g/mol. The van der Waals surface area contributed by atoms with Gasteiger partial charge in [-0.1, -0.05) is 6.58 Å². The Kier molecular flexibility index (Phi) is 7.69. The molecule has 1 N–H and O–H groups in total. The molecule has 1 unspecified atom stereocenters. The molecule has 15 heteroatoms. The topological polar surface area (TPSA) is 116 Å². The molecule has 8 nitrogen and oxygen atoms in total. The molecule has 0 aliphatic heterocycles. The average Bonchev–Trinajstić information content (AvgIpc) is 2.45. The molecule has 0 fully saturated rings. The van der Waals surface area contributed by atoms with Gasteiger partial charge in [-0.3, -0.25) is 4.55 Å². The Morgan fingerprint density at radius 1 is 1.04 bits per heavy atom. The number of esters is 2. The van der Waals surface area contributed by atoms with Crippen molar-refractivity contribution in [2.24, 2.45) is 0 Å². The molecule has 0 bridgehead atoms. The van der Waals surface area contributed by atoms with Crippen molar-refractivity contribution in [3.8, 4) is 0 Å². The largest absolute Gasteiger partial charge is 0.468 e. The van der Waals surface area contributed by atoms with Crippen LogP contribution in [0.2, 0.25) is 0 Å². The molecule has 0 rings (SSSR count). The van der Waals surface area contributed by atoms with Crippen LogP contribution in [-0.4, -0.2) is 61.0 Å². The second-order valence-corrected chi connectivity index (χ2v) is 7.69. The summed E-state index contributed by atoms with van der Waals surface area (Å²) in [5.74, 6) is -9.69. The predicted octanol–water partition coefficient (Wildman–Crippen LogP) is 2.15. The Balaban J connectivity index is 6.31. The fourth-order valence-electron chi connectivity index (χ4n) is 1.25. The SMILES string of the molecule is C=C(CF)C(=O)OC(OCC(F)(F)S(=O)(=O)O)(C(=O)OC(C)(C)C)C(F)(F)F. The zero-order chi connectivity index (χ0) is 22.8. The highest BCUT2D eigenvalue weighted by molar-refractivity contribution is 7.86. The van der Waals surface area contributed by atoms with Crippen molar-refractivity contribution in [3.05, 3.63) is 12.2 Å². The van der Waals surface area contributed by atoms with Crippen LogP contribution < -0.4 is 0 Å². The Morgan fingerprint density at radius 3 is 1.82 bits per heavy atom. The molecule has 0 aromatic rings. The second-order valence-electron chi connectivity index (χ2n) is 6.14. The molecule has 0 heterocycles.